The van der Waals surface area contributed by atoms with E-state index < -0.39 is 0 Å². The number of benzene rings is 1. The zero-order chi connectivity index (χ0) is 18.9. The van der Waals surface area contributed by atoms with Crippen LogP contribution in [-0.4, -0.2) is 5.78 Å². The molecule has 2 aliphatic rings. The van der Waals surface area contributed by atoms with Crippen LogP contribution >= 0.6 is 0 Å². The Kier molecular flexibility index (Phi) is 5.56. The second-order valence-electron chi connectivity index (χ2n) is 7.66. The van der Waals surface area contributed by atoms with Gasteiger partial charge in [-0.1, -0.05) is 50.1 Å². The van der Waals surface area contributed by atoms with Gasteiger partial charge in [0.1, 0.15) is 0 Å². The van der Waals surface area contributed by atoms with Crippen LogP contribution in [0.5, 0.6) is 0 Å². The van der Waals surface area contributed by atoms with Crippen LogP contribution < -0.4 is 0 Å². The van der Waals surface area contributed by atoms with Crippen molar-refractivity contribution in [1.29, 1.82) is 0 Å². The van der Waals surface area contributed by atoms with Gasteiger partial charge in [-0.15, -0.1) is 0 Å². The second-order valence-corrected chi connectivity index (χ2v) is 7.66. The average molecular weight is 337 g/mol. The lowest BCUT2D eigenvalue weighted by Crippen LogP contribution is -2.33. The first kappa shape index (κ1) is 19.4. The summed E-state index contributed by atoms with van der Waals surface area (Å²) in [6.07, 6.45) is 8.49. The number of rotatable bonds is 1. The Bertz CT molecular complexity index is 798. The predicted octanol–water partition coefficient (Wildman–Crippen LogP) is 6.87. The van der Waals surface area contributed by atoms with Crippen molar-refractivity contribution in [3.05, 3.63) is 62.8 Å². The standard InChI is InChI=1S/C22H26O.C2H6/c1-13(2)9-18-15(4)11-19-21(16(18)5)20(23)12-17-10-14(3)7-8-22(17,19)6;1-2/h9-12H,7-8H2,1-6H3;1-2H3. The van der Waals surface area contributed by atoms with Crippen LogP contribution in [0.25, 0.3) is 6.08 Å². The molecule has 0 saturated heterocycles. The summed E-state index contributed by atoms with van der Waals surface area (Å²) in [5.41, 5.74) is 9.57. The maximum absolute atomic E-state index is 12.8. The molecule has 1 unspecified atom stereocenters. The zero-order valence-electron chi connectivity index (χ0n) is 17.1. The van der Waals surface area contributed by atoms with Crippen molar-refractivity contribution in [3.8, 4) is 0 Å². The Morgan fingerprint density at radius 3 is 2.36 bits per heavy atom. The summed E-state index contributed by atoms with van der Waals surface area (Å²) in [7, 11) is 0. The smallest absolute Gasteiger partial charge is 0.186 e. The van der Waals surface area contributed by atoms with Crippen molar-refractivity contribution in [3.63, 3.8) is 0 Å². The lowest BCUT2D eigenvalue weighted by Gasteiger charge is -2.40. The molecule has 0 saturated carbocycles. The van der Waals surface area contributed by atoms with E-state index in [4.69, 9.17) is 0 Å². The van der Waals surface area contributed by atoms with E-state index in [9.17, 15) is 4.79 Å². The van der Waals surface area contributed by atoms with Crippen molar-refractivity contribution in [1.82, 2.24) is 0 Å². The number of carbonyl (C=O) groups is 1. The normalized spacial score (nSPS) is 21.2. The topological polar surface area (TPSA) is 17.1 Å². The number of hydrogen-bond acceptors (Lipinski definition) is 1. The molecule has 0 heterocycles. The monoisotopic (exact) mass is 336 g/mol. The van der Waals surface area contributed by atoms with Crippen LogP contribution in [0.2, 0.25) is 0 Å². The molecule has 0 radical (unpaired) electrons. The third kappa shape index (κ3) is 3.29. The summed E-state index contributed by atoms with van der Waals surface area (Å²) < 4.78 is 0. The van der Waals surface area contributed by atoms with Crippen LogP contribution in [0.3, 0.4) is 0 Å². The SMILES string of the molecule is CC.CC(C)=Cc1c(C)cc2c(c1C)C(=O)C=C1C=C(C)CCC12C. The van der Waals surface area contributed by atoms with E-state index in [2.05, 4.69) is 59.8 Å². The molecule has 1 heteroatoms. The fourth-order valence-electron chi connectivity index (χ4n) is 4.06. The Morgan fingerprint density at radius 2 is 1.76 bits per heavy atom. The highest BCUT2D eigenvalue weighted by molar-refractivity contribution is 6.10. The van der Waals surface area contributed by atoms with Crippen LogP contribution in [0, 0.1) is 13.8 Å². The fraction of sp³-hybridized carbons (Fsp3) is 0.458. The van der Waals surface area contributed by atoms with Gasteiger partial charge in [0, 0.05) is 11.0 Å². The summed E-state index contributed by atoms with van der Waals surface area (Å²) in [6, 6.07) is 2.26. The van der Waals surface area contributed by atoms with E-state index in [1.807, 2.05) is 19.9 Å². The molecule has 1 aromatic carbocycles. The molecule has 1 aromatic rings. The lowest BCUT2D eigenvalue weighted by atomic mass is 9.63. The van der Waals surface area contributed by atoms with Crippen LogP contribution in [0.4, 0.5) is 0 Å². The van der Waals surface area contributed by atoms with Crippen molar-refractivity contribution in [2.75, 3.05) is 0 Å². The van der Waals surface area contributed by atoms with Crippen LogP contribution in [0.15, 0.2) is 34.9 Å². The van der Waals surface area contributed by atoms with Gasteiger partial charge >= 0.3 is 0 Å². The second kappa shape index (κ2) is 7.15. The third-order valence-electron chi connectivity index (χ3n) is 5.45. The molecule has 25 heavy (non-hydrogen) atoms. The van der Waals surface area contributed by atoms with Crippen molar-refractivity contribution in [2.24, 2.45) is 0 Å². The van der Waals surface area contributed by atoms with E-state index in [1.54, 1.807) is 0 Å². The van der Waals surface area contributed by atoms with Gasteiger partial charge in [0.25, 0.3) is 0 Å². The molecule has 0 amide bonds. The fourth-order valence-corrected chi connectivity index (χ4v) is 4.06. The zero-order valence-corrected chi connectivity index (χ0v) is 17.1. The summed E-state index contributed by atoms with van der Waals surface area (Å²) in [5.74, 6) is 0.166. The maximum Gasteiger partial charge on any atom is 0.186 e. The number of fused-ring (bicyclic) bond motifs is 3. The average Bonchev–Trinajstić information content (AvgIpc) is 2.55. The van der Waals surface area contributed by atoms with Gasteiger partial charge in [0.2, 0.25) is 0 Å². The summed E-state index contributed by atoms with van der Waals surface area (Å²) in [4.78, 5) is 12.8. The number of carbonyl (C=O) groups excluding carboxylic acids is 1. The molecule has 2 aliphatic carbocycles. The molecule has 0 aliphatic heterocycles. The number of allylic oxidation sites excluding steroid dienone is 5. The highest BCUT2D eigenvalue weighted by Crippen LogP contribution is 2.47. The molecule has 0 bridgehead atoms. The molecule has 1 nitrogen and oxygen atoms in total. The summed E-state index contributed by atoms with van der Waals surface area (Å²) >= 11 is 0. The van der Waals surface area contributed by atoms with Crippen molar-refractivity contribution < 1.29 is 4.79 Å². The third-order valence-corrected chi connectivity index (χ3v) is 5.45. The van der Waals surface area contributed by atoms with Gasteiger partial charge in [0.05, 0.1) is 0 Å². The van der Waals surface area contributed by atoms with Crippen molar-refractivity contribution >= 4 is 11.9 Å². The van der Waals surface area contributed by atoms with Crippen LogP contribution in [0.1, 0.15) is 87.0 Å². The summed E-state index contributed by atoms with van der Waals surface area (Å²) in [6.45, 7) is 16.9. The van der Waals surface area contributed by atoms with Gasteiger partial charge in [-0.25, -0.2) is 0 Å². The lowest BCUT2D eigenvalue weighted by molar-refractivity contribution is 0.103. The molecule has 0 N–H and O–H groups in total. The van der Waals surface area contributed by atoms with Gasteiger partial charge in [-0.2, -0.15) is 0 Å². The largest absolute Gasteiger partial charge is 0.289 e. The number of aryl methyl sites for hydroxylation is 1. The Labute approximate surface area is 153 Å². The minimum atomic E-state index is -0.0260. The minimum absolute atomic E-state index is 0.0260. The molecule has 3 rings (SSSR count). The molecule has 0 fully saturated rings. The molecule has 0 spiro atoms. The minimum Gasteiger partial charge on any atom is -0.289 e. The summed E-state index contributed by atoms with van der Waals surface area (Å²) in [5, 5.41) is 0. The Hall–Kier alpha value is -1.89. The van der Waals surface area contributed by atoms with Gasteiger partial charge < -0.3 is 0 Å². The van der Waals surface area contributed by atoms with E-state index in [0.717, 1.165) is 24.0 Å². The molecule has 134 valence electrons. The number of hydrogen-bond donors (Lipinski definition) is 0. The van der Waals surface area contributed by atoms with E-state index in [-0.39, 0.29) is 11.2 Å². The Morgan fingerprint density at radius 1 is 1.12 bits per heavy atom. The molecule has 0 aromatic heterocycles. The first-order chi connectivity index (χ1) is 11.7. The first-order valence-corrected chi connectivity index (χ1v) is 9.47. The van der Waals surface area contributed by atoms with E-state index in [0.29, 0.717) is 0 Å². The highest BCUT2D eigenvalue weighted by atomic mass is 16.1. The predicted molar refractivity (Wildman–Crippen MR) is 109 cm³/mol. The molecular formula is C24H32O. The maximum atomic E-state index is 12.8. The molecular weight excluding hydrogens is 304 g/mol. The number of ketones is 1. The van der Waals surface area contributed by atoms with Crippen LogP contribution in [-0.2, 0) is 5.41 Å². The van der Waals surface area contributed by atoms with Gasteiger partial charge in [0.15, 0.2) is 5.78 Å². The van der Waals surface area contributed by atoms with E-state index >= 15 is 0 Å². The van der Waals surface area contributed by atoms with Gasteiger partial charge in [-0.3, -0.25) is 4.79 Å². The first-order valence-electron chi connectivity index (χ1n) is 9.47. The van der Waals surface area contributed by atoms with Gasteiger partial charge in [-0.05, 0) is 81.4 Å². The highest BCUT2D eigenvalue weighted by Gasteiger charge is 2.40. The quantitative estimate of drug-likeness (QED) is 0.546. The molecule has 1 atom stereocenters. The van der Waals surface area contributed by atoms with Crippen molar-refractivity contribution in [2.45, 2.75) is 73.6 Å². The van der Waals surface area contributed by atoms with E-state index in [1.165, 1.54) is 33.4 Å². The Balaban J connectivity index is 0.00000109.